The summed E-state index contributed by atoms with van der Waals surface area (Å²) in [7, 11) is -0.473. The number of ether oxygens (including phenoxy) is 1. The molecule has 1 aliphatic carbocycles. The van der Waals surface area contributed by atoms with Crippen molar-refractivity contribution in [1.82, 2.24) is 0 Å². The van der Waals surface area contributed by atoms with Gasteiger partial charge < -0.3 is 14.7 Å². The summed E-state index contributed by atoms with van der Waals surface area (Å²) in [5, 5.41) is 9.14. The Hall–Kier alpha value is -2.19. The molecule has 0 saturated heterocycles. The lowest BCUT2D eigenvalue weighted by Gasteiger charge is -2.30. The van der Waals surface area contributed by atoms with Crippen molar-refractivity contribution in [3.8, 4) is 5.75 Å². The molecular weight excluding hydrogens is 317 g/mol. The summed E-state index contributed by atoms with van der Waals surface area (Å²) in [6.07, 6.45) is 3.35. The number of carboxylic acids is 1. The summed E-state index contributed by atoms with van der Waals surface area (Å²) in [4.78, 5) is 12.9. The van der Waals surface area contributed by atoms with E-state index < -0.39 is 25.4 Å². The lowest BCUT2D eigenvalue weighted by Crippen LogP contribution is -2.27. The maximum Gasteiger partial charge on any atom is 0.521 e. The van der Waals surface area contributed by atoms with Gasteiger partial charge in [0.1, 0.15) is 0 Å². The van der Waals surface area contributed by atoms with Crippen LogP contribution in [-0.2, 0) is 11.2 Å². The number of halogens is 4. The number of benzene rings is 1. The van der Waals surface area contributed by atoms with Gasteiger partial charge in [-0.05, 0) is 24.5 Å². The predicted molar refractivity (Wildman–Crippen MR) is 77.2 cm³/mol. The van der Waals surface area contributed by atoms with E-state index in [1.165, 1.54) is 13.3 Å². The fraction of sp³-hybridized carbons (Fsp3) is 0.357. The highest BCUT2D eigenvalue weighted by molar-refractivity contribution is 6.15. The zero-order valence-corrected chi connectivity index (χ0v) is 12.3. The Balaban J connectivity index is 0.000000595. The standard InChI is InChI=1S/C14H13F2NO3.BF2H/c1-20-13-11(16)10(15)5-7-4-8(14(18)19)6-17(12(7)13)9-2-3-9;2-1-3/h5-6,9H,2-4H2,1H3,(H,18,19);1H. The molecule has 1 N–H and O–H groups in total. The third kappa shape index (κ3) is 3.43. The number of nitrogens with zero attached hydrogens (tertiary/aromatic N) is 1. The molecule has 0 aromatic heterocycles. The van der Waals surface area contributed by atoms with E-state index in [2.05, 4.69) is 0 Å². The average Bonchev–Trinajstić information content (AvgIpc) is 3.33. The molecule has 2 aliphatic rings. The van der Waals surface area contributed by atoms with Crippen LogP contribution in [0.2, 0.25) is 0 Å². The molecule has 3 rings (SSSR count). The molecule has 1 aromatic carbocycles. The summed E-state index contributed by atoms with van der Waals surface area (Å²) in [5.74, 6) is -3.27. The zero-order chi connectivity index (χ0) is 17.1. The predicted octanol–water partition coefficient (Wildman–Crippen LogP) is 2.66. The number of methoxy groups -OCH3 is 1. The second-order valence-corrected chi connectivity index (χ2v) is 5.09. The van der Waals surface area contributed by atoms with Gasteiger partial charge in [-0.1, -0.05) is 0 Å². The van der Waals surface area contributed by atoms with E-state index in [0.29, 0.717) is 11.3 Å². The molecule has 1 aliphatic heterocycles. The van der Waals surface area contributed by atoms with Crippen LogP contribution in [0.3, 0.4) is 0 Å². The maximum absolute atomic E-state index is 13.8. The first-order valence-electron chi connectivity index (χ1n) is 6.83. The minimum absolute atomic E-state index is 0.0570. The van der Waals surface area contributed by atoms with Crippen molar-refractivity contribution in [1.29, 1.82) is 0 Å². The van der Waals surface area contributed by atoms with Crippen molar-refractivity contribution in [2.24, 2.45) is 0 Å². The van der Waals surface area contributed by atoms with E-state index in [-0.39, 0.29) is 23.8 Å². The Kier molecular flexibility index (Phi) is 5.17. The third-order valence-corrected chi connectivity index (χ3v) is 3.58. The van der Waals surface area contributed by atoms with Gasteiger partial charge in [0, 0.05) is 18.7 Å². The Labute approximate surface area is 130 Å². The fourth-order valence-electron chi connectivity index (χ4n) is 2.50. The molecule has 0 spiro atoms. The van der Waals surface area contributed by atoms with E-state index in [1.54, 1.807) is 4.90 Å². The van der Waals surface area contributed by atoms with Crippen molar-refractivity contribution in [3.63, 3.8) is 0 Å². The lowest BCUT2D eigenvalue weighted by molar-refractivity contribution is -0.132. The Bertz CT molecular complexity index is 649. The summed E-state index contributed by atoms with van der Waals surface area (Å²) in [5.41, 5.74) is 1.05. The average molecular weight is 331 g/mol. The molecular formula is C14H14BF4NO3. The minimum Gasteiger partial charge on any atom is -0.491 e. The number of carbonyl (C=O) groups is 1. The van der Waals surface area contributed by atoms with E-state index in [4.69, 9.17) is 9.84 Å². The van der Waals surface area contributed by atoms with E-state index >= 15 is 0 Å². The summed E-state index contributed by atoms with van der Waals surface area (Å²) in [6.45, 7) is 0. The molecule has 1 saturated carbocycles. The van der Waals surface area contributed by atoms with Crippen LogP contribution >= 0.6 is 0 Å². The number of hydrogen-bond donors (Lipinski definition) is 1. The van der Waals surface area contributed by atoms with Crippen molar-refractivity contribution in [2.75, 3.05) is 12.0 Å². The quantitative estimate of drug-likeness (QED) is 0.683. The molecule has 1 aromatic rings. The van der Waals surface area contributed by atoms with Gasteiger partial charge in [-0.3, -0.25) is 8.63 Å². The molecule has 0 bridgehead atoms. The first kappa shape index (κ1) is 17.2. The van der Waals surface area contributed by atoms with Crippen LogP contribution in [0.25, 0.3) is 0 Å². The van der Waals surface area contributed by atoms with Gasteiger partial charge in [0.05, 0.1) is 18.4 Å². The normalized spacial score (nSPS) is 15.9. The Morgan fingerprint density at radius 2 is 2.00 bits per heavy atom. The largest absolute Gasteiger partial charge is 0.521 e. The summed E-state index contributed by atoms with van der Waals surface area (Å²) >= 11 is 0. The van der Waals surface area contributed by atoms with Crippen molar-refractivity contribution in [2.45, 2.75) is 25.3 Å². The van der Waals surface area contributed by atoms with Gasteiger partial charge in [-0.25, -0.2) is 9.18 Å². The number of hydrogen-bond acceptors (Lipinski definition) is 3. The van der Waals surface area contributed by atoms with E-state index in [0.717, 1.165) is 18.9 Å². The highest BCUT2D eigenvalue weighted by atomic mass is 19.2. The van der Waals surface area contributed by atoms with Crippen LogP contribution in [0.15, 0.2) is 17.8 Å². The number of rotatable bonds is 3. The first-order chi connectivity index (χ1) is 10.9. The van der Waals surface area contributed by atoms with Gasteiger partial charge in [-0.15, -0.1) is 0 Å². The third-order valence-electron chi connectivity index (χ3n) is 3.58. The smallest absolute Gasteiger partial charge is 0.491 e. The molecule has 0 atom stereocenters. The van der Waals surface area contributed by atoms with Gasteiger partial charge in [0.2, 0.25) is 5.82 Å². The minimum atomic E-state index is -1.75. The number of aliphatic carboxylic acids is 1. The number of carboxylic acid groups (broad SMARTS) is 1. The second-order valence-electron chi connectivity index (χ2n) is 5.09. The topological polar surface area (TPSA) is 49.8 Å². The SMILES string of the molecule is COc1c(F)c(F)cc2c1N(C1CC1)C=C(C(=O)O)C2.FBF. The van der Waals surface area contributed by atoms with Gasteiger partial charge in [0.15, 0.2) is 11.6 Å². The number of anilines is 1. The molecule has 0 amide bonds. The Morgan fingerprint density at radius 1 is 1.39 bits per heavy atom. The van der Waals surface area contributed by atoms with Gasteiger partial charge in [0.25, 0.3) is 0 Å². The van der Waals surface area contributed by atoms with Crippen LogP contribution in [0.5, 0.6) is 5.75 Å². The lowest BCUT2D eigenvalue weighted by atomic mass is 9.98. The van der Waals surface area contributed by atoms with Crippen LogP contribution < -0.4 is 9.64 Å². The highest BCUT2D eigenvalue weighted by Crippen LogP contribution is 2.45. The van der Waals surface area contributed by atoms with Crippen molar-refractivity contribution < 1.29 is 32.1 Å². The molecule has 1 heterocycles. The first-order valence-corrected chi connectivity index (χ1v) is 6.83. The summed E-state index contributed by atoms with van der Waals surface area (Å²) in [6, 6.07) is 1.18. The van der Waals surface area contributed by atoms with Crippen LogP contribution in [0, 0.1) is 11.6 Å². The Morgan fingerprint density at radius 3 is 2.48 bits per heavy atom. The fourth-order valence-corrected chi connectivity index (χ4v) is 2.50. The highest BCUT2D eigenvalue weighted by Gasteiger charge is 2.36. The monoisotopic (exact) mass is 331 g/mol. The van der Waals surface area contributed by atoms with Crippen LogP contribution in [-0.4, -0.2) is 32.1 Å². The van der Waals surface area contributed by atoms with E-state index in [9.17, 15) is 22.2 Å². The van der Waals surface area contributed by atoms with Crippen molar-refractivity contribution >= 4 is 19.5 Å². The summed E-state index contributed by atoms with van der Waals surface area (Å²) < 4.78 is 51.7. The molecule has 1 fully saturated rings. The van der Waals surface area contributed by atoms with Crippen molar-refractivity contribution in [3.05, 3.63) is 35.0 Å². The van der Waals surface area contributed by atoms with Gasteiger partial charge >= 0.3 is 13.8 Å². The molecule has 9 heteroatoms. The van der Waals surface area contributed by atoms with Gasteiger partial charge in [-0.2, -0.15) is 4.39 Å². The number of fused-ring (bicyclic) bond motifs is 1. The molecule has 0 unspecified atom stereocenters. The molecule has 4 nitrogen and oxygen atoms in total. The van der Waals surface area contributed by atoms with E-state index in [1.807, 2.05) is 0 Å². The molecule has 0 radical (unpaired) electrons. The zero-order valence-electron chi connectivity index (χ0n) is 12.3. The second kappa shape index (κ2) is 6.93. The molecule has 124 valence electrons. The van der Waals surface area contributed by atoms with Crippen LogP contribution in [0.4, 0.5) is 23.1 Å². The maximum atomic E-state index is 13.8. The molecule has 23 heavy (non-hydrogen) atoms. The van der Waals surface area contributed by atoms with Crippen LogP contribution in [0.1, 0.15) is 18.4 Å².